The van der Waals surface area contributed by atoms with Gasteiger partial charge in [-0.1, -0.05) is 18.1 Å². The molecule has 2 heterocycles. The number of rotatable bonds is 4. The van der Waals surface area contributed by atoms with Crippen LogP contribution < -0.4 is 4.74 Å². The number of ether oxygens (including phenoxy) is 1. The van der Waals surface area contributed by atoms with Gasteiger partial charge in [0.05, 0.1) is 6.54 Å². The molecule has 2 aliphatic rings. The van der Waals surface area contributed by atoms with Crippen molar-refractivity contribution < 1.29 is 14.3 Å². The van der Waals surface area contributed by atoms with Gasteiger partial charge in [-0.2, -0.15) is 0 Å². The Hall–Kier alpha value is -2.52. The molecule has 0 radical (unpaired) electrons. The summed E-state index contributed by atoms with van der Waals surface area (Å²) in [5.41, 5.74) is 1.10. The van der Waals surface area contributed by atoms with E-state index in [4.69, 9.17) is 11.2 Å². The Labute approximate surface area is 142 Å². The van der Waals surface area contributed by atoms with Crippen molar-refractivity contribution >= 4 is 11.8 Å². The lowest BCUT2D eigenvalue weighted by atomic mass is 10.1. The Bertz CT molecular complexity index is 682. The molecule has 6 heteroatoms. The molecule has 3 rings (SSSR count). The average Bonchev–Trinajstić information content (AvgIpc) is 2.58. The predicted octanol–water partition coefficient (Wildman–Crippen LogP) is 0.183. The highest BCUT2D eigenvalue weighted by molar-refractivity contribution is 5.95. The maximum absolute atomic E-state index is 12.3. The SMILES string of the molecule is C#CCOc1cccc(CN2CCN3C(=O)CN(C)C(=O)C3C2)c1. The summed E-state index contributed by atoms with van der Waals surface area (Å²) in [4.78, 5) is 29.8. The normalized spacial score (nSPS) is 21.4. The number of terminal acetylenes is 1. The third-order valence-corrected chi connectivity index (χ3v) is 4.45. The molecule has 6 nitrogen and oxygen atoms in total. The minimum atomic E-state index is -0.370. The number of hydrogen-bond donors (Lipinski definition) is 0. The summed E-state index contributed by atoms with van der Waals surface area (Å²) in [6.07, 6.45) is 5.21. The van der Waals surface area contributed by atoms with E-state index in [9.17, 15) is 9.59 Å². The zero-order valence-corrected chi connectivity index (χ0v) is 13.8. The van der Waals surface area contributed by atoms with Crippen LogP contribution in [0.1, 0.15) is 5.56 Å². The highest BCUT2D eigenvalue weighted by Gasteiger charge is 2.41. The van der Waals surface area contributed by atoms with Crippen LogP contribution in [0.2, 0.25) is 0 Å². The van der Waals surface area contributed by atoms with E-state index in [1.807, 2.05) is 24.3 Å². The van der Waals surface area contributed by atoms with Crippen LogP contribution in [0.5, 0.6) is 5.75 Å². The molecule has 0 saturated carbocycles. The van der Waals surface area contributed by atoms with Gasteiger partial charge in [0.25, 0.3) is 0 Å². The predicted molar refractivity (Wildman–Crippen MR) is 89.2 cm³/mol. The van der Waals surface area contributed by atoms with Crippen LogP contribution in [-0.2, 0) is 16.1 Å². The molecule has 0 spiro atoms. The van der Waals surface area contributed by atoms with E-state index in [1.54, 1.807) is 11.9 Å². The van der Waals surface area contributed by atoms with Crippen molar-refractivity contribution in [2.24, 2.45) is 0 Å². The second-order valence-corrected chi connectivity index (χ2v) is 6.17. The van der Waals surface area contributed by atoms with Crippen molar-refractivity contribution in [2.75, 3.05) is 39.8 Å². The number of piperazine rings is 2. The number of benzene rings is 1. The molecular weight excluding hydrogens is 306 g/mol. The summed E-state index contributed by atoms with van der Waals surface area (Å²) in [5, 5.41) is 0. The largest absolute Gasteiger partial charge is 0.481 e. The van der Waals surface area contributed by atoms with E-state index in [0.29, 0.717) is 19.6 Å². The van der Waals surface area contributed by atoms with E-state index in [0.717, 1.165) is 17.9 Å². The number of carbonyl (C=O) groups is 2. The lowest BCUT2D eigenvalue weighted by molar-refractivity contribution is -0.158. The van der Waals surface area contributed by atoms with E-state index < -0.39 is 0 Å². The van der Waals surface area contributed by atoms with Gasteiger partial charge in [-0.05, 0) is 17.7 Å². The molecule has 126 valence electrons. The third kappa shape index (κ3) is 3.36. The first kappa shape index (κ1) is 16.3. The standard InChI is InChI=1S/C18H21N3O3/c1-3-9-24-15-6-4-5-14(10-15)11-20-7-8-21-16(12-20)18(23)19(2)13-17(21)22/h1,4-6,10,16H,7-9,11-13H2,2H3. The van der Waals surface area contributed by atoms with Gasteiger partial charge in [0.1, 0.15) is 18.4 Å². The smallest absolute Gasteiger partial charge is 0.246 e. The van der Waals surface area contributed by atoms with Gasteiger partial charge in [0, 0.05) is 33.2 Å². The summed E-state index contributed by atoms with van der Waals surface area (Å²) in [6, 6.07) is 7.42. The van der Waals surface area contributed by atoms with Gasteiger partial charge in [0.2, 0.25) is 11.8 Å². The van der Waals surface area contributed by atoms with Crippen molar-refractivity contribution in [3.63, 3.8) is 0 Å². The molecule has 2 fully saturated rings. The van der Waals surface area contributed by atoms with E-state index >= 15 is 0 Å². The molecule has 1 atom stereocenters. The van der Waals surface area contributed by atoms with Crippen molar-refractivity contribution in [3.8, 4) is 18.1 Å². The highest BCUT2D eigenvalue weighted by Crippen LogP contribution is 2.20. The molecule has 0 N–H and O–H groups in total. The second-order valence-electron chi connectivity index (χ2n) is 6.17. The number of amides is 2. The van der Waals surface area contributed by atoms with Gasteiger partial charge >= 0.3 is 0 Å². The number of nitrogens with zero attached hydrogens (tertiary/aromatic N) is 3. The molecule has 1 aromatic rings. The van der Waals surface area contributed by atoms with E-state index in [-0.39, 0.29) is 31.0 Å². The second kappa shape index (κ2) is 6.93. The monoisotopic (exact) mass is 327 g/mol. The molecule has 2 amide bonds. The van der Waals surface area contributed by atoms with Crippen LogP contribution >= 0.6 is 0 Å². The molecule has 24 heavy (non-hydrogen) atoms. The van der Waals surface area contributed by atoms with Crippen LogP contribution in [0.15, 0.2) is 24.3 Å². The number of fused-ring (bicyclic) bond motifs is 1. The van der Waals surface area contributed by atoms with Crippen LogP contribution in [0.3, 0.4) is 0 Å². The van der Waals surface area contributed by atoms with Crippen molar-refractivity contribution in [2.45, 2.75) is 12.6 Å². The molecule has 2 saturated heterocycles. The molecule has 0 aliphatic carbocycles. The maximum atomic E-state index is 12.3. The van der Waals surface area contributed by atoms with Gasteiger partial charge in [-0.25, -0.2) is 0 Å². The Morgan fingerprint density at radius 3 is 2.96 bits per heavy atom. The Morgan fingerprint density at radius 2 is 2.17 bits per heavy atom. The summed E-state index contributed by atoms with van der Waals surface area (Å²) >= 11 is 0. The summed E-state index contributed by atoms with van der Waals surface area (Å²) in [6.45, 7) is 3.05. The molecule has 0 aromatic heterocycles. The van der Waals surface area contributed by atoms with Crippen LogP contribution in [-0.4, -0.2) is 72.4 Å². The Kier molecular flexibility index (Phi) is 4.72. The quantitative estimate of drug-likeness (QED) is 0.741. The topological polar surface area (TPSA) is 53.1 Å². The molecule has 1 unspecified atom stereocenters. The first-order valence-electron chi connectivity index (χ1n) is 8.00. The summed E-state index contributed by atoms with van der Waals surface area (Å²) in [7, 11) is 1.68. The average molecular weight is 327 g/mol. The summed E-state index contributed by atoms with van der Waals surface area (Å²) < 4.78 is 5.45. The maximum Gasteiger partial charge on any atom is 0.246 e. The van der Waals surface area contributed by atoms with Crippen LogP contribution in [0.4, 0.5) is 0 Å². The zero-order chi connectivity index (χ0) is 17.1. The van der Waals surface area contributed by atoms with E-state index in [2.05, 4.69) is 10.8 Å². The van der Waals surface area contributed by atoms with Crippen molar-refractivity contribution in [1.82, 2.24) is 14.7 Å². The van der Waals surface area contributed by atoms with Gasteiger partial charge in [-0.3, -0.25) is 14.5 Å². The van der Waals surface area contributed by atoms with Gasteiger partial charge < -0.3 is 14.5 Å². The fourth-order valence-electron chi connectivity index (χ4n) is 3.24. The molecule has 2 aliphatic heterocycles. The lowest BCUT2D eigenvalue weighted by Gasteiger charge is -2.45. The van der Waals surface area contributed by atoms with Crippen LogP contribution in [0, 0.1) is 12.3 Å². The summed E-state index contributed by atoms with van der Waals surface area (Å²) in [5.74, 6) is 3.24. The van der Waals surface area contributed by atoms with Gasteiger partial charge in [0.15, 0.2) is 0 Å². The van der Waals surface area contributed by atoms with E-state index in [1.165, 1.54) is 4.90 Å². The first-order chi connectivity index (χ1) is 11.6. The molecular formula is C18H21N3O3. The Balaban J connectivity index is 1.66. The van der Waals surface area contributed by atoms with Crippen molar-refractivity contribution in [1.29, 1.82) is 0 Å². The highest BCUT2D eigenvalue weighted by atomic mass is 16.5. The molecule has 0 bridgehead atoms. The minimum Gasteiger partial charge on any atom is -0.481 e. The van der Waals surface area contributed by atoms with Crippen molar-refractivity contribution in [3.05, 3.63) is 29.8 Å². The van der Waals surface area contributed by atoms with Crippen LogP contribution in [0.25, 0.3) is 0 Å². The Morgan fingerprint density at radius 1 is 1.33 bits per heavy atom. The third-order valence-electron chi connectivity index (χ3n) is 4.45. The zero-order valence-electron chi connectivity index (χ0n) is 13.8. The number of hydrogen-bond acceptors (Lipinski definition) is 4. The van der Waals surface area contributed by atoms with Gasteiger partial charge in [-0.15, -0.1) is 6.42 Å². The number of carbonyl (C=O) groups excluding carboxylic acids is 2. The number of likely N-dealkylation sites (N-methyl/N-ethyl adjacent to an activating group) is 1. The molecule has 1 aromatic carbocycles. The lowest BCUT2D eigenvalue weighted by Crippen LogP contribution is -2.65. The minimum absolute atomic E-state index is 0.0189. The fourth-order valence-corrected chi connectivity index (χ4v) is 3.24. The fraction of sp³-hybridized carbons (Fsp3) is 0.444. The first-order valence-corrected chi connectivity index (χ1v) is 8.00.